The van der Waals surface area contributed by atoms with Gasteiger partial charge in [-0.15, -0.1) is 0 Å². The first-order chi connectivity index (χ1) is 16.4. The van der Waals surface area contributed by atoms with E-state index in [-0.39, 0.29) is 6.10 Å². The molecule has 172 valence electrons. The molecule has 0 aliphatic carbocycles. The Hall–Kier alpha value is -4.13. The van der Waals surface area contributed by atoms with Crippen molar-refractivity contribution in [3.8, 4) is 16.9 Å². The fourth-order valence-corrected chi connectivity index (χ4v) is 4.30. The minimum Gasteiger partial charge on any atom is -0.491 e. The molecule has 0 aliphatic rings. The van der Waals surface area contributed by atoms with Gasteiger partial charge in [0.05, 0.1) is 17.1 Å². The number of rotatable bonds is 6. The molecule has 0 bridgehead atoms. The van der Waals surface area contributed by atoms with Crippen LogP contribution in [0, 0.1) is 6.92 Å². The van der Waals surface area contributed by atoms with Crippen molar-refractivity contribution in [3.63, 3.8) is 0 Å². The van der Waals surface area contributed by atoms with Crippen LogP contribution in [0.5, 0.6) is 5.75 Å². The number of anilines is 3. The van der Waals surface area contributed by atoms with Crippen LogP contribution < -0.4 is 15.4 Å². The summed E-state index contributed by atoms with van der Waals surface area (Å²) in [5.41, 5.74) is 6.35. The quantitative estimate of drug-likeness (QED) is 0.326. The largest absolute Gasteiger partial charge is 0.491 e. The Balaban J connectivity index is 1.59. The van der Waals surface area contributed by atoms with Crippen LogP contribution in [0.3, 0.4) is 0 Å². The molecule has 2 aromatic heterocycles. The number of ether oxygens (including phenoxy) is 1. The molecule has 5 rings (SSSR count). The van der Waals surface area contributed by atoms with Crippen LogP contribution in [0.1, 0.15) is 19.4 Å². The van der Waals surface area contributed by atoms with Crippen molar-refractivity contribution < 1.29 is 4.74 Å². The van der Waals surface area contributed by atoms with Crippen LogP contribution in [0.15, 0.2) is 60.8 Å². The summed E-state index contributed by atoms with van der Waals surface area (Å²) >= 11 is 0. The fraction of sp³-hybridized carbons (Fsp3) is 0.222. The highest BCUT2D eigenvalue weighted by Gasteiger charge is 2.17. The van der Waals surface area contributed by atoms with Gasteiger partial charge in [0.1, 0.15) is 5.75 Å². The highest BCUT2D eigenvalue weighted by Crippen LogP contribution is 2.37. The molecule has 0 aliphatic heterocycles. The van der Waals surface area contributed by atoms with E-state index in [0.29, 0.717) is 5.95 Å². The maximum absolute atomic E-state index is 5.85. The van der Waals surface area contributed by atoms with Crippen LogP contribution in [0.2, 0.25) is 0 Å². The van der Waals surface area contributed by atoms with E-state index in [1.807, 2.05) is 69.2 Å². The second-order valence-electron chi connectivity index (χ2n) is 8.66. The molecule has 0 amide bonds. The molecule has 0 fully saturated rings. The molecule has 34 heavy (non-hydrogen) atoms. The van der Waals surface area contributed by atoms with E-state index >= 15 is 0 Å². The molecule has 7 heteroatoms. The number of hydrogen-bond acceptors (Lipinski definition) is 6. The number of fused-ring (bicyclic) bond motifs is 2. The molecular formula is C27H28N6O. The standard InChI is InChI=1S/C27H28N6O/c1-16(2)34-21-8-6-7-20(14-21)30-26-22-11-9-17(3)24(25(22)33(5)32-26)18-10-12-23-19(13-18)15-29-27(28-4)31-23/h6-16H,1-5H3,(H,30,32)(H,28,29,31). The fourth-order valence-electron chi connectivity index (χ4n) is 4.30. The summed E-state index contributed by atoms with van der Waals surface area (Å²) in [4.78, 5) is 8.92. The highest BCUT2D eigenvalue weighted by atomic mass is 16.5. The third kappa shape index (κ3) is 4.01. The Morgan fingerprint density at radius 1 is 1.03 bits per heavy atom. The number of benzene rings is 3. The van der Waals surface area contributed by atoms with Crippen LogP contribution >= 0.6 is 0 Å². The van der Waals surface area contributed by atoms with E-state index < -0.39 is 0 Å². The average Bonchev–Trinajstić information content (AvgIpc) is 3.13. The summed E-state index contributed by atoms with van der Waals surface area (Å²) in [7, 11) is 3.80. The van der Waals surface area contributed by atoms with Crippen molar-refractivity contribution in [3.05, 3.63) is 66.4 Å². The molecule has 7 nitrogen and oxygen atoms in total. The molecule has 2 heterocycles. The third-order valence-electron chi connectivity index (χ3n) is 5.78. The van der Waals surface area contributed by atoms with Crippen LogP contribution in [-0.2, 0) is 7.05 Å². The first-order valence-corrected chi connectivity index (χ1v) is 11.4. The van der Waals surface area contributed by atoms with E-state index in [1.54, 1.807) is 0 Å². The minimum atomic E-state index is 0.119. The lowest BCUT2D eigenvalue weighted by Crippen LogP contribution is -2.05. The normalized spacial score (nSPS) is 11.4. The molecule has 5 aromatic rings. The Morgan fingerprint density at radius 3 is 2.68 bits per heavy atom. The summed E-state index contributed by atoms with van der Waals surface area (Å²) in [6.07, 6.45) is 1.98. The molecule has 0 saturated heterocycles. The maximum atomic E-state index is 5.85. The Bertz CT molecular complexity index is 1500. The van der Waals surface area contributed by atoms with Crippen molar-refractivity contribution in [1.82, 2.24) is 19.7 Å². The van der Waals surface area contributed by atoms with Gasteiger partial charge < -0.3 is 15.4 Å². The first kappa shape index (κ1) is 21.7. The zero-order valence-electron chi connectivity index (χ0n) is 20.0. The van der Waals surface area contributed by atoms with Gasteiger partial charge >= 0.3 is 0 Å². The van der Waals surface area contributed by atoms with Gasteiger partial charge in [-0.05, 0) is 62.2 Å². The summed E-state index contributed by atoms with van der Waals surface area (Å²) in [6.45, 7) is 6.18. The molecular weight excluding hydrogens is 424 g/mol. The maximum Gasteiger partial charge on any atom is 0.222 e. The summed E-state index contributed by atoms with van der Waals surface area (Å²) in [5, 5.41) is 13.3. The lowest BCUT2D eigenvalue weighted by atomic mass is 9.96. The molecule has 0 radical (unpaired) electrons. The van der Waals surface area contributed by atoms with E-state index in [2.05, 4.69) is 51.8 Å². The average molecular weight is 453 g/mol. The zero-order chi connectivity index (χ0) is 23.8. The third-order valence-corrected chi connectivity index (χ3v) is 5.78. The molecule has 0 saturated carbocycles. The minimum absolute atomic E-state index is 0.119. The van der Waals surface area contributed by atoms with Gasteiger partial charge in [0.2, 0.25) is 5.95 Å². The monoisotopic (exact) mass is 452 g/mol. The second-order valence-corrected chi connectivity index (χ2v) is 8.66. The number of nitrogens with one attached hydrogen (secondary N) is 2. The predicted molar refractivity (Wildman–Crippen MR) is 139 cm³/mol. The van der Waals surface area contributed by atoms with Crippen molar-refractivity contribution in [2.75, 3.05) is 17.7 Å². The Labute approximate surface area is 198 Å². The summed E-state index contributed by atoms with van der Waals surface area (Å²) in [5.74, 6) is 2.25. The van der Waals surface area contributed by atoms with Crippen LogP contribution in [-0.4, -0.2) is 32.9 Å². The number of aromatic nitrogens is 4. The van der Waals surface area contributed by atoms with Crippen molar-refractivity contribution in [2.45, 2.75) is 26.9 Å². The van der Waals surface area contributed by atoms with Gasteiger partial charge in [-0.1, -0.05) is 18.2 Å². The van der Waals surface area contributed by atoms with Gasteiger partial charge in [0.25, 0.3) is 0 Å². The SMILES string of the molecule is CNc1ncc2cc(-c3c(C)ccc4c(Nc5cccc(OC(C)C)c5)nn(C)c34)ccc2n1. The molecule has 0 spiro atoms. The smallest absolute Gasteiger partial charge is 0.222 e. The Morgan fingerprint density at radius 2 is 1.88 bits per heavy atom. The van der Waals surface area contributed by atoms with E-state index in [1.165, 1.54) is 5.56 Å². The van der Waals surface area contributed by atoms with E-state index in [0.717, 1.165) is 50.2 Å². The molecule has 2 N–H and O–H groups in total. The van der Waals surface area contributed by atoms with Gasteiger partial charge in [-0.2, -0.15) is 5.10 Å². The summed E-state index contributed by atoms with van der Waals surface area (Å²) in [6, 6.07) is 18.5. The van der Waals surface area contributed by atoms with Crippen molar-refractivity contribution in [2.24, 2.45) is 7.05 Å². The van der Waals surface area contributed by atoms with Gasteiger partial charge in [0.15, 0.2) is 5.82 Å². The van der Waals surface area contributed by atoms with Gasteiger partial charge in [-0.25, -0.2) is 9.97 Å². The first-order valence-electron chi connectivity index (χ1n) is 11.4. The van der Waals surface area contributed by atoms with Crippen LogP contribution in [0.25, 0.3) is 32.9 Å². The topological polar surface area (TPSA) is 76.9 Å². The van der Waals surface area contributed by atoms with Crippen molar-refractivity contribution >= 4 is 39.3 Å². The molecule has 3 aromatic carbocycles. The lowest BCUT2D eigenvalue weighted by Gasteiger charge is -2.12. The Kier molecular flexibility index (Phi) is 5.53. The van der Waals surface area contributed by atoms with Gasteiger partial charge in [-0.3, -0.25) is 4.68 Å². The summed E-state index contributed by atoms with van der Waals surface area (Å²) < 4.78 is 7.79. The molecule has 0 unspecified atom stereocenters. The van der Waals surface area contributed by atoms with E-state index in [9.17, 15) is 0 Å². The number of hydrogen-bond donors (Lipinski definition) is 2. The van der Waals surface area contributed by atoms with E-state index in [4.69, 9.17) is 9.84 Å². The predicted octanol–water partition coefficient (Wildman–Crippen LogP) is 6.06. The van der Waals surface area contributed by atoms with Gasteiger partial charge in [0, 0.05) is 48.4 Å². The second kappa shape index (κ2) is 8.67. The highest BCUT2D eigenvalue weighted by molar-refractivity contribution is 6.03. The lowest BCUT2D eigenvalue weighted by molar-refractivity contribution is 0.242. The van der Waals surface area contributed by atoms with Crippen molar-refractivity contribution in [1.29, 1.82) is 0 Å². The van der Waals surface area contributed by atoms with Crippen LogP contribution in [0.4, 0.5) is 17.5 Å². The number of aryl methyl sites for hydroxylation is 2. The zero-order valence-corrected chi connectivity index (χ0v) is 20.0. The number of nitrogens with zero attached hydrogens (tertiary/aromatic N) is 4. The molecule has 0 atom stereocenters.